The van der Waals surface area contributed by atoms with E-state index in [0.29, 0.717) is 17.8 Å². The van der Waals surface area contributed by atoms with Crippen molar-refractivity contribution in [3.05, 3.63) is 66.1 Å². The molecule has 10 heteroatoms. The van der Waals surface area contributed by atoms with Crippen molar-refractivity contribution in [1.82, 2.24) is 0 Å². The Morgan fingerprint density at radius 3 is 1.47 bits per heavy atom. The number of aryl methyl sites for hydroxylation is 1. The minimum absolute atomic E-state index is 0. The van der Waals surface area contributed by atoms with Gasteiger partial charge in [-0.1, -0.05) is 109 Å². The van der Waals surface area contributed by atoms with Crippen molar-refractivity contribution in [2.45, 2.75) is 124 Å². The molecule has 0 atom stereocenters. The normalized spacial score (nSPS) is 12.3. The van der Waals surface area contributed by atoms with Crippen molar-refractivity contribution in [2.24, 2.45) is 0 Å². The second-order valence-electron chi connectivity index (χ2n) is 13.7. The summed E-state index contributed by atoms with van der Waals surface area (Å²) in [6.45, 7) is 37.2. The van der Waals surface area contributed by atoms with Crippen LogP contribution in [0.4, 0.5) is 13.2 Å². The average molecular weight is 766 g/mol. The van der Waals surface area contributed by atoms with E-state index in [9.17, 15) is 13.2 Å². The van der Waals surface area contributed by atoms with Gasteiger partial charge < -0.3 is 4.74 Å². The Hall–Kier alpha value is -1.36. The van der Waals surface area contributed by atoms with Crippen LogP contribution in [0.15, 0.2) is 36.9 Å². The largest absolute Gasteiger partial charge is 0.522 e. The van der Waals surface area contributed by atoms with Gasteiger partial charge in [0.15, 0.2) is 0 Å². The van der Waals surface area contributed by atoms with Gasteiger partial charge >= 0.3 is 15.6 Å². The second-order valence-corrected chi connectivity index (χ2v) is 18.9. The van der Waals surface area contributed by atoms with E-state index >= 15 is 0 Å². The quantitative estimate of drug-likeness (QED) is 0.105. The summed E-state index contributed by atoms with van der Waals surface area (Å²) in [6, 6.07) is 9.43. The van der Waals surface area contributed by atoms with E-state index in [1.807, 2.05) is 7.11 Å². The van der Waals surface area contributed by atoms with Crippen molar-refractivity contribution >= 4 is 23.3 Å². The Bertz CT molecular complexity index is 1310. The monoisotopic (exact) mass is 765 g/mol. The average Bonchev–Trinajstić information content (AvgIpc) is 2.81. The SMILES string of the molecule is C=C[CH2-].COc1ccc(C)c(-c2c(C(C)C)cc(C(C)C)cc2C(C)C)c1P(C(C)(C)C)C(C)(C)C.O=S(=O)(O)C(F)(F)F.[Pd]. The van der Waals surface area contributed by atoms with Gasteiger partial charge in [-0.15, -0.1) is 0 Å². The van der Waals surface area contributed by atoms with Crippen molar-refractivity contribution in [2.75, 3.05) is 7.11 Å². The number of halogens is 3. The van der Waals surface area contributed by atoms with E-state index < -0.39 is 23.5 Å². The minimum Gasteiger partial charge on any atom is -0.496 e. The fourth-order valence-corrected chi connectivity index (χ4v) is 9.55. The molecular formula is C35H55F3O4PPdS-. The fourth-order valence-electron chi connectivity index (χ4n) is 5.30. The van der Waals surface area contributed by atoms with E-state index in [4.69, 9.17) is 17.7 Å². The molecule has 0 aliphatic carbocycles. The van der Waals surface area contributed by atoms with Gasteiger partial charge in [0.25, 0.3) is 0 Å². The number of ether oxygens (including phenoxy) is 1. The van der Waals surface area contributed by atoms with Gasteiger partial charge in [-0.05, 0) is 74.4 Å². The summed E-state index contributed by atoms with van der Waals surface area (Å²) in [4.78, 5) is 0. The molecule has 0 heterocycles. The third kappa shape index (κ3) is 12.6. The van der Waals surface area contributed by atoms with Crippen molar-refractivity contribution in [1.29, 1.82) is 0 Å². The molecule has 0 fully saturated rings. The first-order valence-corrected chi connectivity index (χ1v) is 17.6. The number of rotatable bonds is 6. The van der Waals surface area contributed by atoms with Crippen LogP contribution in [0.2, 0.25) is 0 Å². The number of allylic oxidation sites excluding steroid dienone is 1. The Morgan fingerprint density at radius 1 is 0.867 bits per heavy atom. The van der Waals surface area contributed by atoms with E-state index in [-0.39, 0.29) is 30.7 Å². The van der Waals surface area contributed by atoms with Crippen LogP contribution in [0.5, 0.6) is 5.75 Å². The van der Waals surface area contributed by atoms with Gasteiger partial charge in [-0.3, -0.25) is 4.55 Å². The molecule has 0 saturated heterocycles. The van der Waals surface area contributed by atoms with Crippen molar-refractivity contribution in [3.63, 3.8) is 0 Å². The third-order valence-electron chi connectivity index (χ3n) is 6.81. The smallest absolute Gasteiger partial charge is 0.496 e. The van der Waals surface area contributed by atoms with Gasteiger partial charge in [-0.2, -0.15) is 21.6 Å². The molecule has 2 aromatic carbocycles. The summed E-state index contributed by atoms with van der Waals surface area (Å²) >= 11 is 0. The van der Waals surface area contributed by atoms with Crippen LogP contribution in [0.25, 0.3) is 11.1 Å². The predicted molar refractivity (Wildman–Crippen MR) is 185 cm³/mol. The van der Waals surface area contributed by atoms with Gasteiger partial charge in [0.1, 0.15) is 5.75 Å². The molecule has 0 unspecified atom stereocenters. The summed E-state index contributed by atoms with van der Waals surface area (Å²) in [5.74, 6) is 2.46. The Balaban J connectivity index is 0. The molecule has 45 heavy (non-hydrogen) atoms. The summed E-state index contributed by atoms with van der Waals surface area (Å²) in [5, 5.41) is 1.74. The fraction of sp³-hybridized carbons (Fsp3) is 0.571. The Morgan fingerprint density at radius 2 is 1.22 bits per heavy atom. The molecule has 0 aliphatic rings. The number of alkyl halides is 3. The molecule has 0 spiro atoms. The summed E-state index contributed by atoms with van der Waals surface area (Å²) in [5.41, 5.74) is 3.09. The van der Waals surface area contributed by atoms with Crippen LogP contribution in [-0.4, -0.2) is 35.9 Å². The standard InChI is InChI=1S/C31H49OP.C3H5.CHF3O3S.Pd/c1-19(2)23-17-24(20(3)4)28(25(18-23)21(5)6)27-22(7)15-16-26(32-14)29(27)33(30(8,9)10)31(11,12)13;1-3-2;2-1(3,4)8(5,6)7;/h15-21H,1-14H3;3H,1-2H2;(H,5,6,7);/q;-1;;. The first kappa shape index (κ1) is 45.8. The van der Waals surface area contributed by atoms with Crippen LogP contribution in [0, 0.1) is 13.8 Å². The van der Waals surface area contributed by atoms with Crippen molar-refractivity contribution in [3.8, 4) is 16.9 Å². The van der Waals surface area contributed by atoms with Crippen LogP contribution in [-0.2, 0) is 30.5 Å². The molecule has 0 bridgehead atoms. The summed E-state index contributed by atoms with van der Waals surface area (Å²) in [6.07, 6.45) is 1.50. The van der Waals surface area contributed by atoms with Crippen LogP contribution in [0.3, 0.4) is 0 Å². The minimum atomic E-state index is -5.84. The maximum atomic E-state index is 10.7. The molecule has 0 amide bonds. The van der Waals surface area contributed by atoms with Crippen molar-refractivity contribution < 1.29 is 51.3 Å². The first-order valence-electron chi connectivity index (χ1n) is 14.8. The van der Waals surface area contributed by atoms with E-state index in [2.05, 4.69) is 128 Å². The topological polar surface area (TPSA) is 63.6 Å². The zero-order valence-corrected chi connectivity index (χ0v) is 32.8. The molecule has 262 valence electrons. The molecule has 4 nitrogen and oxygen atoms in total. The van der Waals surface area contributed by atoms with E-state index in [0.717, 1.165) is 5.75 Å². The van der Waals surface area contributed by atoms with Crippen LogP contribution >= 0.6 is 7.92 Å². The number of methoxy groups -OCH3 is 1. The van der Waals surface area contributed by atoms with Crippen LogP contribution in [0.1, 0.15) is 123 Å². The molecule has 2 aromatic rings. The molecule has 0 aromatic heterocycles. The summed E-state index contributed by atoms with van der Waals surface area (Å²) in [7, 11) is -4.54. The Kier molecular flexibility index (Phi) is 18.0. The van der Waals surface area contributed by atoms with E-state index in [1.54, 1.807) is 0 Å². The molecule has 1 N–H and O–H groups in total. The third-order valence-corrected chi connectivity index (χ3v) is 11.0. The molecule has 2 rings (SSSR count). The van der Waals surface area contributed by atoms with Gasteiger partial charge in [0.2, 0.25) is 0 Å². The molecular weight excluding hydrogens is 711 g/mol. The summed E-state index contributed by atoms with van der Waals surface area (Å²) < 4.78 is 63.7. The van der Waals surface area contributed by atoms with Crippen LogP contribution < -0.4 is 10.0 Å². The maximum Gasteiger partial charge on any atom is 0.522 e. The molecule has 0 aliphatic heterocycles. The number of benzene rings is 2. The van der Waals surface area contributed by atoms with E-state index in [1.165, 1.54) is 44.8 Å². The predicted octanol–water partition coefficient (Wildman–Crippen LogP) is 11.1. The zero-order chi connectivity index (χ0) is 35.2. The maximum absolute atomic E-state index is 10.7. The second kappa shape index (κ2) is 17.7. The van der Waals surface area contributed by atoms with Gasteiger partial charge in [0, 0.05) is 25.7 Å². The Labute approximate surface area is 287 Å². The molecule has 0 saturated carbocycles. The zero-order valence-electron chi connectivity index (χ0n) is 29.5. The number of hydrogen-bond acceptors (Lipinski definition) is 3. The molecule has 0 radical (unpaired) electrons. The van der Waals surface area contributed by atoms with Gasteiger partial charge in [0.05, 0.1) is 7.11 Å². The van der Waals surface area contributed by atoms with Gasteiger partial charge in [-0.25, -0.2) is 19.6 Å². The number of hydrogen-bond donors (Lipinski definition) is 1. The first-order chi connectivity index (χ1) is 19.7.